The number of ether oxygens (including phenoxy) is 1. The zero-order chi connectivity index (χ0) is 13.4. The summed E-state index contributed by atoms with van der Waals surface area (Å²) in [5.41, 5.74) is 0. The second kappa shape index (κ2) is 8.02. The van der Waals surface area contributed by atoms with Gasteiger partial charge in [-0.2, -0.15) is 0 Å². The average molecular weight is 260 g/mol. The molecule has 7 heteroatoms. The van der Waals surface area contributed by atoms with E-state index in [9.17, 15) is 9.59 Å². The molecule has 0 aliphatic carbocycles. The Kier molecular flexibility index (Phi) is 6.63. The molecule has 1 fully saturated rings. The molecular formula is C11H20N2O5. The third-order valence-electron chi connectivity index (χ3n) is 2.78. The normalized spacial score (nSPS) is 18.3. The van der Waals surface area contributed by atoms with Crippen LogP contribution in [0.4, 0.5) is 0 Å². The molecule has 1 rings (SSSR count). The van der Waals surface area contributed by atoms with Crippen LogP contribution in [0.1, 0.15) is 19.3 Å². The van der Waals surface area contributed by atoms with Crippen molar-refractivity contribution in [3.8, 4) is 0 Å². The molecule has 7 nitrogen and oxygen atoms in total. The van der Waals surface area contributed by atoms with Gasteiger partial charge >= 0.3 is 5.97 Å². The Bertz CT molecular complexity index is 279. The van der Waals surface area contributed by atoms with E-state index < -0.39 is 24.5 Å². The van der Waals surface area contributed by atoms with E-state index in [-0.39, 0.29) is 19.1 Å². The van der Waals surface area contributed by atoms with E-state index in [0.29, 0.717) is 0 Å². The molecule has 0 bridgehead atoms. The van der Waals surface area contributed by atoms with Gasteiger partial charge in [0.25, 0.3) is 0 Å². The molecule has 0 aromatic heterocycles. The maximum absolute atomic E-state index is 11.4. The van der Waals surface area contributed by atoms with Gasteiger partial charge < -0.3 is 25.6 Å². The molecule has 1 aliphatic rings. The lowest BCUT2D eigenvalue weighted by Crippen LogP contribution is -2.43. The lowest BCUT2D eigenvalue weighted by molar-refractivity contribution is -0.143. The molecule has 0 saturated carbocycles. The fraction of sp³-hybridized carbons (Fsp3) is 0.818. The number of aliphatic carboxylic acids is 1. The van der Waals surface area contributed by atoms with E-state index in [4.69, 9.17) is 14.9 Å². The van der Waals surface area contributed by atoms with E-state index in [1.807, 2.05) is 0 Å². The van der Waals surface area contributed by atoms with Crippen LogP contribution in [-0.2, 0) is 14.3 Å². The Hall–Kier alpha value is -1.18. The van der Waals surface area contributed by atoms with Crippen molar-refractivity contribution in [1.82, 2.24) is 10.6 Å². The lowest BCUT2D eigenvalue weighted by atomic mass is 10.1. The molecule has 1 saturated heterocycles. The number of aliphatic hydroxyl groups is 1. The smallest absolute Gasteiger partial charge is 0.328 e. The van der Waals surface area contributed by atoms with Gasteiger partial charge in [0.1, 0.15) is 6.04 Å². The largest absolute Gasteiger partial charge is 0.480 e. The summed E-state index contributed by atoms with van der Waals surface area (Å²) in [4.78, 5) is 22.0. The number of carbonyl (C=O) groups is 2. The Labute approximate surface area is 106 Å². The van der Waals surface area contributed by atoms with Crippen LogP contribution >= 0.6 is 0 Å². The predicted octanol–water partition coefficient (Wildman–Crippen LogP) is -1.29. The van der Waals surface area contributed by atoms with Gasteiger partial charge in [-0.15, -0.1) is 0 Å². The molecule has 18 heavy (non-hydrogen) atoms. The highest BCUT2D eigenvalue weighted by Crippen LogP contribution is 2.07. The molecule has 104 valence electrons. The van der Waals surface area contributed by atoms with Crippen LogP contribution in [0.2, 0.25) is 0 Å². The number of amides is 1. The Morgan fingerprint density at radius 2 is 2.06 bits per heavy atom. The molecule has 1 amide bonds. The summed E-state index contributed by atoms with van der Waals surface area (Å²) in [6.07, 6.45) is 2.13. The third kappa shape index (κ3) is 5.44. The van der Waals surface area contributed by atoms with Crippen LogP contribution in [0.15, 0.2) is 0 Å². The van der Waals surface area contributed by atoms with Crippen molar-refractivity contribution in [1.29, 1.82) is 0 Å². The summed E-state index contributed by atoms with van der Waals surface area (Å²) in [6.45, 7) is 1.50. The number of carbonyl (C=O) groups excluding carboxylic acids is 1. The fourth-order valence-corrected chi connectivity index (χ4v) is 1.73. The second-order valence-electron chi connectivity index (χ2n) is 4.21. The minimum Gasteiger partial charge on any atom is -0.480 e. The van der Waals surface area contributed by atoms with Gasteiger partial charge in [0, 0.05) is 6.42 Å². The van der Waals surface area contributed by atoms with Crippen molar-refractivity contribution < 1.29 is 24.5 Å². The first kappa shape index (κ1) is 14.9. The highest BCUT2D eigenvalue weighted by molar-refractivity contribution is 5.83. The molecular weight excluding hydrogens is 240 g/mol. The van der Waals surface area contributed by atoms with Gasteiger partial charge in [-0.25, -0.2) is 4.79 Å². The van der Waals surface area contributed by atoms with Crippen LogP contribution < -0.4 is 10.6 Å². The first-order valence-corrected chi connectivity index (χ1v) is 6.09. The van der Waals surface area contributed by atoms with Crippen LogP contribution in [0, 0.1) is 0 Å². The van der Waals surface area contributed by atoms with Gasteiger partial charge in [0.2, 0.25) is 5.91 Å². The van der Waals surface area contributed by atoms with Crippen molar-refractivity contribution in [2.45, 2.75) is 31.4 Å². The molecule has 1 atom stereocenters. The fourth-order valence-electron chi connectivity index (χ4n) is 1.73. The zero-order valence-electron chi connectivity index (χ0n) is 10.2. The van der Waals surface area contributed by atoms with Crippen LogP contribution in [-0.4, -0.2) is 60.5 Å². The van der Waals surface area contributed by atoms with Crippen molar-refractivity contribution in [2.75, 3.05) is 26.3 Å². The number of piperidine rings is 1. The number of aliphatic hydroxyl groups excluding tert-OH is 1. The summed E-state index contributed by atoms with van der Waals surface area (Å²) >= 11 is 0. The van der Waals surface area contributed by atoms with Crippen LogP contribution in [0.5, 0.6) is 0 Å². The van der Waals surface area contributed by atoms with Crippen molar-refractivity contribution in [2.24, 2.45) is 0 Å². The number of hydrogen-bond acceptors (Lipinski definition) is 5. The van der Waals surface area contributed by atoms with Gasteiger partial charge in [-0.3, -0.25) is 4.79 Å². The minimum atomic E-state index is -1.25. The summed E-state index contributed by atoms with van der Waals surface area (Å²) in [7, 11) is 0. The maximum Gasteiger partial charge on any atom is 0.328 e. The van der Waals surface area contributed by atoms with E-state index in [1.54, 1.807) is 0 Å². The van der Waals surface area contributed by atoms with Crippen molar-refractivity contribution >= 4 is 11.9 Å². The molecule has 4 N–H and O–H groups in total. The van der Waals surface area contributed by atoms with Gasteiger partial charge in [-0.1, -0.05) is 0 Å². The van der Waals surface area contributed by atoms with Crippen LogP contribution in [0.25, 0.3) is 0 Å². The Balaban J connectivity index is 2.14. The highest BCUT2D eigenvalue weighted by Gasteiger charge is 2.19. The van der Waals surface area contributed by atoms with E-state index in [1.165, 1.54) is 0 Å². The highest BCUT2D eigenvalue weighted by atomic mass is 16.5. The molecule has 0 radical (unpaired) electrons. The summed E-state index contributed by atoms with van der Waals surface area (Å²) in [6, 6.07) is -1.24. The van der Waals surface area contributed by atoms with Gasteiger partial charge in [0.15, 0.2) is 0 Å². The summed E-state index contributed by atoms with van der Waals surface area (Å²) in [5.74, 6) is -1.67. The lowest BCUT2D eigenvalue weighted by Gasteiger charge is -2.22. The number of hydrogen-bond donors (Lipinski definition) is 4. The van der Waals surface area contributed by atoms with E-state index in [0.717, 1.165) is 25.9 Å². The minimum absolute atomic E-state index is 0.105. The summed E-state index contributed by atoms with van der Waals surface area (Å²) < 4.78 is 5.52. The number of nitrogens with one attached hydrogen (secondary N) is 2. The Morgan fingerprint density at radius 1 is 1.39 bits per heavy atom. The van der Waals surface area contributed by atoms with Crippen LogP contribution in [0.3, 0.4) is 0 Å². The maximum atomic E-state index is 11.4. The Morgan fingerprint density at radius 3 is 2.61 bits per heavy atom. The van der Waals surface area contributed by atoms with E-state index in [2.05, 4.69) is 10.6 Å². The second-order valence-corrected chi connectivity index (χ2v) is 4.21. The SMILES string of the molecule is O=C(CCOC1CCNCC1)NC(CO)C(=O)O. The monoisotopic (exact) mass is 260 g/mol. The number of rotatable bonds is 7. The van der Waals surface area contributed by atoms with Crippen molar-refractivity contribution in [3.05, 3.63) is 0 Å². The quantitative estimate of drug-likeness (QED) is 0.453. The number of carboxylic acids is 1. The first-order valence-electron chi connectivity index (χ1n) is 6.09. The molecule has 0 aromatic carbocycles. The molecule has 1 aliphatic heterocycles. The molecule has 0 spiro atoms. The summed E-state index contributed by atoms with van der Waals surface area (Å²) in [5, 5.41) is 22.8. The molecule has 1 unspecified atom stereocenters. The zero-order valence-corrected chi connectivity index (χ0v) is 10.2. The van der Waals surface area contributed by atoms with Gasteiger partial charge in [0.05, 0.1) is 19.3 Å². The topological polar surface area (TPSA) is 108 Å². The third-order valence-corrected chi connectivity index (χ3v) is 2.78. The first-order chi connectivity index (χ1) is 8.63. The average Bonchev–Trinajstić information content (AvgIpc) is 2.37. The van der Waals surface area contributed by atoms with E-state index >= 15 is 0 Å². The van der Waals surface area contributed by atoms with Crippen molar-refractivity contribution in [3.63, 3.8) is 0 Å². The molecule has 0 aromatic rings. The molecule has 1 heterocycles. The number of carboxylic acid groups (broad SMARTS) is 1. The predicted molar refractivity (Wildman–Crippen MR) is 63.1 cm³/mol. The van der Waals surface area contributed by atoms with Gasteiger partial charge in [-0.05, 0) is 25.9 Å². The standard InChI is InChI=1S/C11H20N2O5/c14-7-9(11(16)17)13-10(15)3-6-18-8-1-4-12-5-2-8/h8-9,12,14H,1-7H2,(H,13,15)(H,16,17).